The van der Waals surface area contributed by atoms with Crippen LogP contribution in [0.1, 0.15) is 55.1 Å². The van der Waals surface area contributed by atoms with Gasteiger partial charge in [-0.3, -0.25) is 9.69 Å². The van der Waals surface area contributed by atoms with E-state index in [1.807, 2.05) is 88.4 Å². The van der Waals surface area contributed by atoms with E-state index in [4.69, 9.17) is 16.0 Å². The number of nitrogens with one attached hydrogen (secondary N) is 1. The van der Waals surface area contributed by atoms with Crippen LogP contribution < -0.4 is 5.56 Å². The van der Waals surface area contributed by atoms with Gasteiger partial charge in [-0.05, 0) is 91.0 Å². The maximum atomic E-state index is 13.6. The van der Waals surface area contributed by atoms with Gasteiger partial charge in [0.05, 0.1) is 18.3 Å². The van der Waals surface area contributed by atoms with Gasteiger partial charge in [-0.25, -0.2) is 4.68 Å². The highest BCUT2D eigenvalue weighted by Gasteiger charge is 2.34. The van der Waals surface area contributed by atoms with Crippen LogP contribution >= 0.6 is 11.6 Å². The van der Waals surface area contributed by atoms with Crippen molar-refractivity contribution in [2.24, 2.45) is 0 Å². The first-order valence-electron chi connectivity index (χ1n) is 12.1. The van der Waals surface area contributed by atoms with E-state index in [1.165, 1.54) is 0 Å². The minimum absolute atomic E-state index is 0.188. The third-order valence-electron chi connectivity index (χ3n) is 6.30. The summed E-state index contributed by atoms with van der Waals surface area (Å²) < 4.78 is 7.51. The van der Waals surface area contributed by atoms with Gasteiger partial charge in [0, 0.05) is 22.6 Å². The summed E-state index contributed by atoms with van der Waals surface area (Å²) in [6.45, 7) is 9.05. The fourth-order valence-corrected chi connectivity index (χ4v) is 4.67. The van der Waals surface area contributed by atoms with Crippen molar-refractivity contribution in [1.82, 2.24) is 30.1 Å². The first kappa shape index (κ1) is 24.9. The lowest BCUT2D eigenvalue weighted by atomic mass is 10.0. The van der Waals surface area contributed by atoms with E-state index in [0.717, 1.165) is 27.8 Å². The molecule has 3 aromatic heterocycles. The molecule has 2 aromatic carbocycles. The number of aromatic nitrogens is 5. The lowest BCUT2D eigenvalue weighted by molar-refractivity contribution is 0.171. The largest absolute Gasteiger partial charge is 0.468 e. The Bertz CT molecular complexity index is 1570. The Kier molecular flexibility index (Phi) is 6.70. The van der Waals surface area contributed by atoms with Gasteiger partial charge in [0.1, 0.15) is 11.8 Å². The minimum atomic E-state index is -0.565. The van der Waals surface area contributed by atoms with Crippen LogP contribution in [0.2, 0.25) is 5.02 Å². The number of rotatable bonds is 7. The van der Waals surface area contributed by atoms with Crippen molar-refractivity contribution in [3.8, 4) is 0 Å². The van der Waals surface area contributed by atoms with Crippen LogP contribution in [0, 0.1) is 6.92 Å². The van der Waals surface area contributed by atoms with Gasteiger partial charge in [-0.15, -0.1) is 5.10 Å². The first-order chi connectivity index (χ1) is 17.7. The summed E-state index contributed by atoms with van der Waals surface area (Å²) in [6, 6.07) is 18.9. The van der Waals surface area contributed by atoms with Gasteiger partial charge in [-0.2, -0.15) is 0 Å². The van der Waals surface area contributed by atoms with E-state index in [2.05, 4.69) is 25.4 Å². The molecular formula is C28H29ClN6O2. The summed E-state index contributed by atoms with van der Waals surface area (Å²) in [6.07, 6.45) is 1.65. The average molecular weight is 517 g/mol. The van der Waals surface area contributed by atoms with Crippen molar-refractivity contribution in [2.75, 3.05) is 0 Å². The van der Waals surface area contributed by atoms with Gasteiger partial charge in [0.15, 0.2) is 5.82 Å². The molecule has 0 saturated carbocycles. The number of aryl methyl sites for hydroxylation is 1. The lowest BCUT2D eigenvalue weighted by Crippen LogP contribution is -2.37. The maximum Gasteiger partial charge on any atom is 0.253 e. The number of nitrogens with zero attached hydrogens (tertiary/aromatic N) is 5. The van der Waals surface area contributed by atoms with E-state index in [-0.39, 0.29) is 5.56 Å². The molecule has 190 valence electrons. The summed E-state index contributed by atoms with van der Waals surface area (Å²) in [5, 5.41) is 14.4. The Morgan fingerprint density at radius 2 is 1.86 bits per heavy atom. The zero-order valence-electron chi connectivity index (χ0n) is 21.3. The summed E-state index contributed by atoms with van der Waals surface area (Å²) in [5.41, 5.74) is 2.85. The van der Waals surface area contributed by atoms with Crippen LogP contribution in [0.3, 0.4) is 0 Å². The van der Waals surface area contributed by atoms with Crippen LogP contribution in [-0.4, -0.2) is 30.1 Å². The van der Waals surface area contributed by atoms with Crippen LogP contribution in [0.4, 0.5) is 0 Å². The average Bonchev–Trinajstić information content (AvgIpc) is 3.53. The standard InChI is InChI=1S/C28H29ClN6O2/c1-18-7-10-20-15-23(27(36)30-24(20)14-18)25(26-31-32-33-35(26)28(2,3)4)34(17-22-6-5-13-37-22)16-19-8-11-21(29)12-9-19/h5-15,25H,16-17H2,1-4H3,(H,30,36). The number of benzene rings is 2. The van der Waals surface area contributed by atoms with Crippen molar-refractivity contribution in [3.05, 3.63) is 111 Å². The zero-order chi connectivity index (χ0) is 26.2. The van der Waals surface area contributed by atoms with Crippen LogP contribution in [0.5, 0.6) is 0 Å². The van der Waals surface area contributed by atoms with Gasteiger partial charge in [0.2, 0.25) is 0 Å². The van der Waals surface area contributed by atoms with Crippen molar-refractivity contribution in [2.45, 2.75) is 52.4 Å². The van der Waals surface area contributed by atoms with Crippen LogP contribution in [0.15, 0.2) is 76.1 Å². The fraction of sp³-hybridized carbons (Fsp3) is 0.286. The molecule has 0 aliphatic heterocycles. The van der Waals surface area contributed by atoms with E-state index in [0.29, 0.717) is 29.5 Å². The fourth-order valence-electron chi connectivity index (χ4n) is 4.54. The summed E-state index contributed by atoms with van der Waals surface area (Å²) in [4.78, 5) is 18.9. The Labute approximate surface area is 219 Å². The number of H-pyrrole nitrogens is 1. The molecule has 3 heterocycles. The Morgan fingerprint density at radius 3 is 2.57 bits per heavy atom. The van der Waals surface area contributed by atoms with Crippen molar-refractivity contribution in [3.63, 3.8) is 0 Å². The van der Waals surface area contributed by atoms with Gasteiger partial charge in [-0.1, -0.05) is 35.9 Å². The summed E-state index contributed by atoms with van der Waals surface area (Å²) >= 11 is 6.16. The van der Waals surface area contributed by atoms with Crippen molar-refractivity contribution < 1.29 is 4.42 Å². The second kappa shape index (κ2) is 9.95. The highest BCUT2D eigenvalue weighted by molar-refractivity contribution is 6.30. The summed E-state index contributed by atoms with van der Waals surface area (Å²) in [5.74, 6) is 1.34. The van der Waals surface area contributed by atoms with E-state index < -0.39 is 11.6 Å². The Hall–Kier alpha value is -3.75. The quantitative estimate of drug-likeness (QED) is 0.302. The van der Waals surface area contributed by atoms with Gasteiger partial charge >= 0.3 is 0 Å². The molecule has 0 spiro atoms. The third kappa shape index (κ3) is 5.35. The molecule has 0 radical (unpaired) electrons. The molecule has 1 N–H and O–H groups in total. The smallest absolute Gasteiger partial charge is 0.253 e. The molecule has 9 heteroatoms. The molecule has 0 bridgehead atoms. The molecule has 5 aromatic rings. The van der Waals surface area contributed by atoms with Crippen LogP contribution in [0.25, 0.3) is 10.9 Å². The highest BCUT2D eigenvalue weighted by atomic mass is 35.5. The molecule has 0 fully saturated rings. The molecule has 1 atom stereocenters. The molecule has 5 rings (SSSR count). The molecular weight excluding hydrogens is 488 g/mol. The number of halogens is 1. The molecule has 0 aliphatic carbocycles. The number of furan rings is 1. The SMILES string of the molecule is Cc1ccc2cc(C(c3nnnn3C(C)(C)C)N(Cc3ccc(Cl)cc3)Cc3ccco3)c(=O)[nH]c2c1. The Balaban J connectivity index is 1.72. The van der Waals surface area contributed by atoms with Crippen molar-refractivity contribution >= 4 is 22.5 Å². The normalized spacial score (nSPS) is 12.9. The molecule has 0 saturated heterocycles. The number of aromatic amines is 1. The molecule has 8 nitrogen and oxygen atoms in total. The monoisotopic (exact) mass is 516 g/mol. The van der Waals surface area contributed by atoms with E-state index in [9.17, 15) is 4.79 Å². The number of hydrogen-bond acceptors (Lipinski definition) is 6. The second-order valence-corrected chi connectivity index (χ2v) is 10.7. The van der Waals surface area contributed by atoms with Gasteiger partial charge < -0.3 is 9.40 Å². The number of hydrogen-bond donors (Lipinski definition) is 1. The maximum absolute atomic E-state index is 13.6. The third-order valence-corrected chi connectivity index (χ3v) is 6.55. The minimum Gasteiger partial charge on any atom is -0.468 e. The highest BCUT2D eigenvalue weighted by Crippen LogP contribution is 2.32. The predicted molar refractivity (Wildman–Crippen MR) is 143 cm³/mol. The summed E-state index contributed by atoms with van der Waals surface area (Å²) in [7, 11) is 0. The molecule has 0 aliphatic rings. The van der Waals surface area contributed by atoms with E-state index in [1.54, 1.807) is 10.9 Å². The van der Waals surface area contributed by atoms with Crippen LogP contribution in [-0.2, 0) is 18.6 Å². The topological polar surface area (TPSA) is 92.8 Å². The molecule has 37 heavy (non-hydrogen) atoms. The van der Waals surface area contributed by atoms with E-state index >= 15 is 0 Å². The second-order valence-electron chi connectivity index (χ2n) is 10.3. The first-order valence-corrected chi connectivity index (χ1v) is 12.5. The number of fused-ring (bicyclic) bond motifs is 1. The molecule has 1 unspecified atom stereocenters. The zero-order valence-corrected chi connectivity index (χ0v) is 22.0. The Morgan fingerprint density at radius 1 is 1.08 bits per heavy atom. The van der Waals surface area contributed by atoms with Gasteiger partial charge in [0.25, 0.3) is 5.56 Å². The molecule has 0 amide bonds. The number of tetrazole rings is 1. The predicted octanol–water partition coefficient (Wildman–Crippen LogP) is 5.62. The lowest BCUT2D eigenvalue weighted by Gasteiger charge is -2.32. The number of pyridine rings is 1. The van der Waals surface area contributed by atoms with Crippen molar-refractivity contribution in [1.29, 1.82) is 0 Å².